The Kier molecular flexibility index (Phi) is 7.94. The smallest absolute Gasteiger partial charge is 0.417 e. The van der Waals surface area contributed by atoms with Gasteiger partial charge in [-0.2, -0.15) is 22.5 Å². The summed E-state index contributed by atoms with van der Waals surface area (Å²) in [6, 6.07) is 11.9. The third-order valence-electron chi connectivity index (χ3n) is 4.72. The average molecular weight is 534 g/mol. The van der Waals surface area contributed by atoms with E-state index in [1.807, 2.05) is 26.0 Å². The van der Waals surface area contributed by atoms with Gasteiger partial charge in [-0.15, -0.1) is 11.8 Å². The first-order valence-corrected chi connectivity index (χ1v) is 12.5. The molecule has 0 saturated heterocycles. The summed E-state index contributed by atoms with van der Waals surface area (Å²) in [6.45, 7) is 3.85. The lowest BCUT2D eigenvalue weighted by molar-refractivity contribution is -0.138. The molecule has 0 atom stereocenters. The number of rotatable bonds is 9. The molecule has 12 heteroatoms. The van der Waals surface area contributed by atoms with Crippen molar-refractivity contribution in [1.29, 1.82) is 0 Å². The van der Waals surface area contributed by atoms with Crippen molar-refractivity contribution < 1.29 is 22.6 Å². The quantitative estimate of drug-likeness (QED) is 0.234. The Balaban J connectivity index is 1.53. The third kappa shape index (κ3) is 6.64. The van der Waals surface area contributed by atoms with Crippen LogP contribution in [0, 0.1) is 0 Å². The van der Waals surface area contributed by atoms with Crippen molar-refractivity contribution in [3.05, 3.63) is 66.0 Å². The highest BCUT2D eigenvalue weighted by molar-refractivity contribution is 7.98. The van der Waals surface area contributed by atoms with Crippen LogP contribution in [-0.2, 0) is 11.9 Å². The highest BCUT2D eigenvalue weighted by Gasteiger charge is 2.32. The van der Waals surface area contributed by atoms with Crippen LogP contribution in [0.4, 0.5) is 24.1 Å². The molecule has 0 bridgehead atoms. The highest BCUT2D eigenvalue weighted by Crippen LogP contribution is 2.37. The number of alkyl halides is 3. The standard InChI is InChI=1S/C24H22F3N5O2S2/c1-14(2)34-18-8-9-19(28-12-18)21-30-23(36-32-21)31-22-20(10-16(11-29-22)24(25,26)27)35-13-15-4-6-17(33-3)7-5-15/h4-12,14H,13H2,1-3H3,(H,29,30,31,32). The van der Waals surface area contributed by atoms with E-state index in [1.54, 1.807) is 37.6 Å². The highest BCUT2D eigenvalue weighted by atomic mass is 32.2. The minimum atomic E-state index is -4.51. The SMILES string of the molecule is COc1ccc(CSc2cc(C(F)(F)F)cnc2Nc2nc(-c3ccc(OC(C)C)cn3)ns2)cc1. The molecule has 36 heavy (non-hydrogen) atoms. The molecule has 0 spiro atoms. The molecular weight excluding hydrogens is 511 g/mol. The molecule has 0 amide bonds. The van der Waals surface area contributed by atoms with Gasteiger partial charge >= 0.3 is 6.18 Å². The van der Waals surface area contributed by atoms with Crippen molar-refractivity contribution in [2.75, 3.05) is 12.4 Å². The third-order valence-corrected chi connectivity index (χ3v) is 6.45. The zero-order valence-electron chi connectivity index (χ0n) is 19.5. The second-order valence-electron chi connectivity index (χ2n) is 7.80. The fourth-order valence-electron chi connectivity index (χ4n) is 3.02. The number of benzene rings is 1. The van der Waals surface area contributed by atoms with Gasteiger partial charge in [-0.05, 0) is 49.7 Å². The zero-order valence-corrected chi connectivity index (χ0v) is 21.2. The second kappa shape index (κ2) is 11.1. The van der Waals surface area contributed by atoms with E-state index in [0.29, 0.717) is 38.8 Å². The van der Waals surface area contributed by atoms with Gasteiger partial charge in [0.25, 0.3) is 0 Å². The maximum absolute atomic E-state index is 13.3. The molecule has 0 aliphatic carbocycles. The van der Waals surface area contributed by atoms with Gasteiger partial charge in [0, 0.05) is 23.5 Å². The normalized spacial score (nSPS) is 11.5. The first-order valence-electron chi connectivity index (χ1n) is 10.8. The molecule has 0 radical (unpaired) electrons. The lowest BCUT2D eigenvalue weighted by Gasteiger charge is -2.13. The van der Waals surface area contributed by atoms with Crippen LogP contribution in [0.25, 0.3) is 11.5 Å². The minimum Gasteiger partial charge on any atom is -0.497 e. The largest absolute Gasteiger partial charge is 0.497 e. The lowest BCUT2D eigenvalue weighted by atomic mass is 10.2. The van der Waals surface area contributed by atoms with Gasteiger partial charge in [0.2, 0.25) is 5.13 Å². The second-order valence-corrected chi connectivity index (χ2v) is 9.57. The van der Waals surface area contributed by atoms with Crippen molar-refractivity contribution >= 4 is 34.2 Å². The van der Waals surface area contributed by atoms with Gasteiger partial charge in [-0.25, -0.2) is 9.97 Å². The Hall–Kier alpha value is -3.38. The molecule has 3 heterocycles. The zero-order chi connectivity index (χ0) is 25.7. The number of nitrogens with one attached hydrogen (secondary N) is 1. The topological polar surface area (TPSA) is 82.0 Å². The van der Waals surface area contributed by atoms with E-state index in [4.69, 9.17) is 9.47 Å². The number of hydrogen-bond donors (Lipinski definition) is 1. The number of aromatic nitrogens is 4. The Bertz CT molecular complexity index is 1300. The van der Waals surface area contributed by atoms with Crippen molar-refractivity contribution in [2.24, 2.45) is 0 Å². The summed E-state index contributed by atoms with van der Waals surface area (Å²) in [5.74, 6) is 2.43. The summed E-state index contributed by atoms with van der Waals surface area (Å²) in [5, 5.41) is 3.39. The van der Waals surface area contributed by atoms with E-state index in [9.17, 15) is 13.2 Å². The van der Waals surface area contributed by atoms with Crippen LogP contribution in [0.15, 0.2) is 59.8 Å². The lowest BCUT2D eigenvalue weighted by Crippen LogP contribution is -2.07. The molecule has 1 aromatic carbocycles. The van der Waals surface area contributed by atoms with Gasteiger partial charge in [0.1, 0.15) is 23.0 Å². The van der Waals surface area contributed by atoms with Crippen LogP contribution in [-0.4, -0.2) is 32.5 Å². The number of methoxy groups -OCH3 is 1. The number of halogens is 3. The van der Waals surface area contributed by atoms with E-state index < -0.39 is 11.7 Å². The molecule has 0 saturated carbocycles. The molecular formula is C24H22F3N5O2S2. The van der Waals surface area contributed by atoms with Crippen molar-refractivity contribution in [3.63, 3.8) is 0 Å². The van der Waals surface area contributed by atoms with Crippen LogP contribution in [0.2, 0.25) is 0 Å². The molecule has 0 fully saturated rings. The molecule has 7 nitrogen and oxygen atoms in total. The predicted octanol–water partition coefficient (Wildman–Crippen LogP) is 6.85. The molecule has 0 aliphatic heterocycles. The Labute approximate surface area is 214 Å². The Morgan fingerprint density at radius 3 is 2.42 bits per heavy atom. The summed E-state index contributed by atoms with van der Waals surface area (Å²) in [6.07, 6.45) is -2.08. The molecule has 1 N–H and O–H groups in total. The van der Waals surface area contributed by atoms with Crippen LogP contribution in [0.5, 0.6) is 11.5 Å². The van der Waals surface area contributed by atoms with Crippen LogP contribution in [0.1, 0.15) is 25.0 Å². The molecule has 4 aromatic rings. The van der Waals surface area contributed by atoms with E-state index in [-0.39, 0.29) is 11.9 Å². The number of hydrogen-bond acceptors (Lipinski definition) is 9. The fourth-order valence-corrected chi connectivity index (χ4v) is 4.56. The summed E-state index contributed by atoms with van der Waals surface area (Å²) in [7, 11) is 1.57. The maximum Gasteiger partial charge on any atom is 0.417 e. The summed E-state index contributed by atoms with van der Waals surface area (Å²) >= 11 is 2.30. The number of thioether (sulfide) groups is 1. The number of anilines is 2. The first-order chi connectivity index (χ1) is 17.2. The summed E-state index contributed by atoms with van der Waals surface area (Å²) < 4.78 is 55.1. The number of nitrogens with zero attached hydrogens (tertiary/aromatic N) is 4. The Morgan fingerprint density at radius 2 is 1.78 bits per heavy atom. The van der Waals surface area contributed by atoms with E-state index in [1.165, 1.54) is 11.8 Å². The minimum absolute atomic E-state index is 0.0267. The molecule has 0 aliphatic rings. The first kappa shape index (κ1) is 25.7. The van der Waals surface area contributed by atoms with E-state index in [2.05, 4.69) is 24.6 Å². The fraction of sp³-hybridized carbons (Fsp3) is 0.250. The number of ether oxygens (including phenoxy) is 2. The van der Waals surface area contributed by atoms with Gasteiger partial charge in [-0.3, -0.25) is 0 Å². The van der Waals surface area contributed by atoms with Crippen LogP contribution >= 0.6 is 23.3 Å². The van der Waals surface area contributed by atoms with E-state index >= 15 is 0 Å². The summed E-state index contributed by atoms with van der Waals surface area (Å²) in [4.78, 5) is 13.1. The summed E-state index contributed by atoms with van der Waals surface area (Å²) in [5.41, 5.74) is 0.652. The molecule has 188 valence electrons. The predicted molar refractivity (Wildman–Crippen MR) is 134 cm³/mol. The van der Waals surface area contributed by atoms with Crippen molar-refractivity contribution in [2.45, 2.75) is 36.8 Å². The van der Waals surface area contributed by atoms with E-state index in [0.717, 1.165) is 29.4 Å². The average Bonchev–Trinajstić information content (AvgIpc) is 3.31. The van der Waals surface area contributed by atoms with Gasteiger partial charge in [-0.1, -0.05) is 12.1 Å². The van der Waals surface area contributed by atoms with Gasteiger partial charge < -0.3 is 14.8 Å². The van der Waals surface area contributed by atoms with Crippen molar-refractivity contribution in [3.8, 4) is 23.0 Å². The monoisotopic (exact) mass is 533 g/mol. The molecule has 3 aromatic heterocycles. The van der Waals surface area contributed by atoms with Crippen molar-refractivity contribution in [1.82, 2.24) is 19.3 Å². The number of pyridine rings is 2. The van der Waals surface area contributed by atoms with Gasteiger partial charge in [0.05, 0.1) is 29.9 Å². The van der Waals surface area contributed by atoms with Crippen LogP contribution < -0.4 is 14.8 Å². The molecule has 4 rings (SSSR count). The van der Waals surface area contributed by atoms with Gasteiger partial charge in [0.15, 0.2) is 5.82 Å². The molecule has 0 unspecified atom stereocenters. The Morgan fingerprint density at radius 1 is 1.03 bits per heavy atom. The van der Waals surface area contributed by atoms with Crippen LogP contribution in [0.3, 0.4) is 0 Å². The maximum atomic E-state index is 13.3.